The lowest BCUT2D eigenvalue weighted by Crippen LogP contribution is -2.79. The number of hydrogen-bond acceptors (Lipinski definition) is 29. The third-order valence-electron chi connectivity index (χ3n) is 22.5. The third kappa shape index (κ3) is 12.7. The van der Waals surface area contributed by atoms with E-state index in [1.807, 2.05) is 30.3 Å². The van der Waals surface area contributed by atoms with Crippen molar-refractivity contribution in [1.82, 2.24) is 0 Å². The summed E-state index contributed by atoms with van der Waals surface area (Å²) in [6, 6.07) is 9.18. The maximum absolute atomic E-state index is 13.7. The van der Waals surface area contributed by atoms with Crippen molar-refractivity contribution >= 4 is 12.0 Å². The molecule has 2 unspecified atom stereocenters. The molecule has 5 aliphatic heterocycles. The molecule has 1 aromatic rings. The normalized spacial score (nSPS) is 51.0. The summed E-state index contributed by atoms with van der Waals surface area (Å²) in [6.45, 7) is 6.20. The predicted molar refractivity (Wildman–Crippen MR) is 311 cm³/mol. The van der Waals surface area contributed by atoms with Gasteiger partial charge in [0.15, 0.2) is 31.5 Å². The van der Waals surface area contributed by atoms with Crippen molar-refractivity contribution in [2.75, 3.05) is 41.2 Å². The van der Waals surface area contributed by atoms with E-state index >= 15 is 0 Å². The zero-order chi connectivity index (χ0) is 66.7. The first kappa shape index (κ1) is 72.1. The molecule has 34 atom stereocenters. The highest BCUT2D eigenvalue weighted by atomic mass is 16.8. The molecule has 5 heterocycles. The monoisotopic (exact) mass is 1320 g/mol. The lowest BCUT2D eigenvalue weighted by molar-refractivity contribution is -0.386. The van der Waals surface area contributed by atoms with Crippen molar-refractivity contribution in [3.8, 4) is 0 Å². The van der Waals surface area contributed by atoms with Gasteiger partial charge in [-0.3, -0.25) is 0 Å². The molecule has 524 valence electrons. The van der Waals surface area contributed by atoms with Gasteiger partial charge in [0.2, 0.25) is 0 Å². The Hall–Kier alpha value is -2.65. The van der Waals surface area contributed by atoms with Gasteiger partial charge in [-0.05, 0) is 101 Å². The van der Waals surface area contributed by atoms with Crippen LogP contribution in [0.4, 0.5) is 0 Å². The fraction of sp³-hybridized carbons (Fsp3) is 0.857. The van der Waals surface area contributed by atoms with Crippen molar-refractivity contribution in [2.45, 2.75) is 275 Å². The number of ether oxygens (including phenoxy) is 14. The van der Waals surface area contributed by atoms with Crippen molar-refractivity contribution in [3.63, 3.8) is 0 Å². The second kappa shape index (κ2) is 28.7. The van der Waals surface area contributed by atoms with E-state index in [4.69, 9.17) is 66.3 Å². The van der Waals surface area contributed by atoms with Gasteiger partial charge in [0.05, 0.1) is 61.4 Å². The molecule has 4 aliphatic carbocycles. The number of rotatable bonds is 20. The number of fused-ring (bicyclic) bond motifs is 5. The summed E-state index contributed by atoms with van der Waals surface area (Å²) in [4.78, 5) is 13.7. The van der Waals surface area contributed by atoms with Crippen molar-refractivity contribution < 1.29 is 143 Å². The Balaban J connectivity index is 0.749. The van der Waals surface area contributed by atoms with Crippen LogP contribution in [-0.4, -0.2) is 301 Å². The predicted octanol–water partition coefficient (Wildman–Crippen LogP) is -2.87. The van der Waals surface area contributed by atoms with Crippen molar-refractivity contribution in [2.24, 2.45) is 22.7 Å². The Morgan fingerprint density at radius 2 is 1.15 bits per heavy atom. The van der Waals surface area contributed by atoms with E-state index < -0.39 is 225 Å². The Labute approximate surface area is 533 Å². The van der Waals surface area contributed by atoms with E-state index in [0.717, 1.165) is 5.56 Å². The first-order valence-electron chi connectivity index (χ1n) is 32.1. The Morgan fingerprint density at radius 3 is 1.77 bits per heavy atom. The van der Waals surface area contributed by atoms with Gasteiger partial charge in [0.1, 0.15) is 115 Å². The van der Waals surface area contributed by atoms with Crippen molar-refractivity contribution in [3.05, 3.63) is 42.0 Å². The maximum atomic E-state index is 13.7. The van der Waals surface area contributed by atoms with E-state index in [9.17, 15) is 76.3 Å². The Bertz CT molecular complexity index is 2610. The highest BCUT2D eigenvalue weighted by Gasteiger charge is 2.82. The molecule has 29 heteroatoms. The smallest absolute Gasteiger partial charge is 0.331 e. The lowest BCUT2D eigenvalue weighted by atomic mass is 9.40. The van der Waals surface area contributed by atoms with Crippen LogP contribution in [-0.2, 0) is 71.1 Å². The highest BCUT2D eigenvalue weighted by Crippen LogP contribution is 2.72. The van der Waals surface area contributed by atoms with Crippen LogP contribution < -0.4 is 0 Å². The molecule has 29 nitrogen and oxygen atoms in total. The Morgan fingerprint density at radius 1 is 0.587 bits per heavy atom. The molecule has 1 aromatic carbocycles. The van der Waals surface area contributed by atoms with E-state index in [0.29, 0.717) is 25.7 Å². The molecule has 0 spiro atoms. The van der Waals surface area contributed by atoms with Gasteiger partial charge in [0.25, 0.3) is 0 Å². The number of aliphatic hydroxyl groups excluding tert-OH is 11. The molecule has 14 N–H and O–H groups in total. The second-order valence-electron chi connectivity index (χ2n) is 27.2. The number of benzene rings is 1. The van der Waals surface area contributed by atoms with Gasteiger partial charge in [0, 0.05) is 33.8 Å². The van der Waals surface area contributed by atoms with Gasteiger partial charge in [-0.2, -0.15) is 0 Å². The van der Waals surface area contributed by atoms with E-state index in [-0.39, 0.29) is 38.0 Å². The molecule has 4 saturated carbocycles. The van der Waals surface area contributed by atoms with Gasteiger partial charge in [-0.25, -0.2) is 4.79 Å². The average Bonchev–Trinajstić information content (AvgIpc) is 1.37. The van der Waals surface area contributed by atoms with Gasteiger partial charge >= 0.3 is 5.97 Å². The van der Waals surface area contributed by atoms with Crippen molar-refractivity contribution in [1.29, 1.82) is 0 Å². The standard InChI is InChI=1S/C63H98O29/c1-28-49(90-57-47(74)53(80-7)50(29(2)83-57)91-56-46(73)44(71)51(36(26-65)86-56)92-55-45(72)43(70)42(69)35(25-64)85-55)34(79-6)23-41(82-28)89-52-37(27-66)87-58(48(75)54(52)81-8)84-33-17-18-59(4)32(22-33)16-19-62(77)38(59)24-39(88-40(68)15-14-31-12-10-9-11-13-31)60(5)61(76,30(3)67)20-21-63(60,62)78/h9-15,28-30,32-39,41-58,64-67,69-78H,16-27H2,1-8H3/b15-14+/t28-,29-,30?,32?,33+,34-,35-,36-,37-,38-,39-,41+,42-,43+,44-,45-,46-,47-,48-,49-,50-,51-,52-,53-,54+,55+,56+,57+,58-,59+,60-,61-,62+,63-/m1/s1. The first-order chi connectivity index (χ1) is 43.6. The molecule has 10 rings (SSSR count). The molecule has 92 heavy (non-hydrogen) atoms. The van der Waals surface area contributed by atoms with Crippen LogP contribution in [0, 0.1) is 22.7 Å². The SMILES string of the molecule is CO[C@@H]1[C@@H](O)[C@H](O[C@@H]2[C@@H](C)O[C@@H](O[C@H]3[C@@H](OC)[C@@H](O)[C@H](O[C@H]4CC[C@@]5(C)C(CC[C@]6(O)[C@@H]5C[C@@H](OC(=O)/C=C/c5ccccc5)[C@@]5(C)[C@]6(O)CC[C@@]5(O)C(C)O)C4)O[C@@H]3CO)C[C@H]2OC)O[C@H](C)[C@H]1O[C@@H]1O[C@H](CO)[C@@H](O[C@@H]2O[C@H](CO)[C@@H](O)[C@H](O)[C@H]2O)[C@H](O)[C@H]1O. The fourth-order valence-electron chi connectivity index (χ4n) is 17.1. The van der Waals surface area contributed by atoms with E-state index in [2.05, 4.69) is 6.92 Å². The molecule has 9 fully saturated rings. The minimum absolute atomic E-state index is 0.0156. The van der Waals surface area contributed by atoms with Crippen LogP contribution in [0.15, 0.2) is 36.4 Å². The van der Waals surface area contributed by atoms with Crippen LogP contribution in [0.1, 0.15) is 98.0 Å². The first-order valence-corrected chi connectivity index (χ1v) is 32.1. The van der Waals surface area contributed by atoms with Crippen LogP contribution in [0.5, 0.6) is 0 Å². The minimum atomic E-state index is -1.97. The molecule has 0 amide bonds. The maximum Gasteiger partial charge on any atom is 0.331 e. The zero-order valence-electron chi connectivity index (χ0n) is 53.2. The fourth-order valence-corrected chi connectivity index (χ4v) is 17.1. The van der Waals surface area contributed by atoms with Crippen LogP contribution >= 0.6 is 0 Å². The van der Waals surface area contributed by atoms with E-state index in [1.54, 1.807) is 26.8 Å². The van der Waals surface area contributed by atoms with Gasteiger partial charge in [-0.15, -0.1) is 0 Å². The summed E-state index contributed by atoms with van der Waals surface area (Å²) < 4.78 is 85.1. The quantitative estimate of drug-likeness (QED) is 0.0355. The molecule has 0 aromatic heterocycles. The highest BCUT2D eigenvalue weighted by molar-refractivity contribution is 5.87. The molecule has 9 aliphatic rings. The number of carbonyl (C=O) groups excluding carboxylic acids is 1. The topological polar surface area (TPSA) is 430 Å². The van der Waals surface area contributed by atoms with Crippen LogP contribution in [0.25, 0.3) is 6.08 Å². The summed E-state index contributed by atoms with van der Waals surface area (Å²) in [5.41, 5.74) is -7.18. The molecular formula is C63H98O29. The summed E-state index contributed by atoms with van der Waals surface area (Å²) in [7, 11) is 4.11. The van der Waals surface area contributed by atoms with E-state index in [1.165, 1.54) is 34.3 Å². The number of aliphatic hydroxyl groups is 14. The summed E-state index contributed by atoms with van der Waals surface area (Å²) in [5.74, 6) is -1.42. The lowest BCUT2D eigenvalue weighted by Gasteiger charge is -2.69. The van der Waals surface area contributed by atoms with Gasteiger partial charge < -0.3 is 138 Å². The molecular weight excluding hydrogens is 1220 g/mol. The number of esters is 1. The number of methoxy groups -OCH3 is 3. The largest absolute Gasteiger partial charge is 0.458 e. The molecule has 5 saturated heterocycles. The second-order valence-corrected chi connectivity index (χ2v) is 27.2. The zero-order valence-corrected chi connectivity index (χ0v) is 53.2. The number of hydrogen-bond donors (Lipinski definition) is 14. The number of carbonyl (C=O) groups is 1. The summed E-state index contributed by atoms with van der Waals surface area (Å²) >= 11 is 0. The van der Waals surface area contributed by atoms with Gasteiger partial charge in [-0.1, -0.05) is 44.2 Å². The van der Waals surface area contributed by atoms with Crippen LogP contribution in [0.3, 0.4) is 0 Å². The summed E-state index contributed by atoms with van der Waals surface area (Å²) in [5, 5.41) is 158. The minimum Gasteiger partial charge on any atom is -0.458 e. The molecule has 0 radical (unpaired) electrons. The van der Waals surface area contributed by atoms with Crippen LogP contribution in [0.2, 0.25) is 0 Å². The summed E-state index contributed by atoms with van der Waals surface area (Å²) in [6.07, 6.45) is -31.2. The third-order valence-corrected chi connectivity index (χ3v) is 22.5. The average molecular weight is 1320 g/mol. The molecule has 0 bridgehead atoms. The Kier molecular flexibility index (Phi) is 22.5.